The van der Waals surface area contributed by atoms with Gasteiger partial charge in [-0.25, -0.2) is 0 Å². The molecule has 2 aromatic rings. The first kappa shape index (κ1) is 14.0. The number of benzene rings is 2. The summed E-state index contributed by atoms with van der Waals surface area (Å²) in [6.07, 6.45) is 0.966. The second-order valence-corrected chi connectivity index (χ2v) is 5.44. The number of anilines is 3. The van der Waals surface area contributed by atoms with Crippen LogP contribution in [-0.4, -0.2) is 6.61 Å². The van der Waals surface area contributed by atoms with Crippen molar-refractivity contribution in [1.82, 2.24) is 0 Å². The first-order valence-electron chi connectivity index (χ1n) is 6.24. The maximum atomic E-state index is 6.11. The fourth-order valence-electron chi connectivity index (χ4n) is 1.68. The highest BCUT2D eigenvalue weighted by Gasteiger charge is 2.06. The summed E-state index contributed by atoms with van der Waals surface area (Å²) in [6.45, 7) is 2.75. The number of nitrogens with two attached hydrogens (primary N) is 1. The van der Waals surface area contributed by atoms with Gasteiger partial charge >= 0.3 is 0 Å². The van der Waals surface area contributed by atoms with Crippen LogP contribution < -0.4 is 15.8 Å². The minimum Gasteiger partial charge on any atom is -0.491 e. The van der Waals surface area contributed by atoms with E-state index in [1.165, 1.54) is 3.57 Å². The topological polar surface area (TPSA) is 47.3 Å². The summed E-state index contributed by atoms with van der Waals surface area (Å²) >= 11 is 2.28. The lowest BCUT2D eigenvalue weighted by Crippen LogP contribution is -2.02. The predicted octanol–water partition coefficient (Wildman–Crippen LogP) is 4.41. The number of para-hydroxylation sites is 1. The van der Waals surface area contributed by atoms with Crippen LogP contribution in [0.1, 0.15) is 13.3 Å². The van der Waals surface area contributed by atoms with E-state index in [4.69, 9.17) is 10.5 Å². The first-order valence-corrected chi connectivity index (χ1v) is 7.32. The third kappa shape index (κ3) is 3.76. The fraction of sp³-hybridized carbons (Fsp3) is 0.200. The fourth-order valence-corrected chi connectivity index (χ4v) is 2.04. The number of hydrogen-bond acceptors (Lipinski definition) is 3. The van der Waals surface area contributed by atoms with Crippen molar-refractivity contribution in [2.45, 2.75) is 13.3 Å². The summed E-state index contributed by atoms with van der Waals surface area (Å²) in [5.41, 5.74) is 8.64. The molecule has 3 N–H and O–H groups in total. The van der Waals surface area contributed by atoms with Crippen molar-refractivity contribution in [3.05, 3.63) is 46.0 Å². The molecule has 3 nitrogen and oxygen atoms in total. The quantitative estimate of drug-likeness (QED) is 0.607. The third-order valence-electron chi connectivity index (χ3n) is 2.65. The zero-order valence-electron chi connectivity index (χ0n) is 10.8. The normalized spacial score (nSPS) is 10.2. The van der Waals surface area contributed by atoms with E-state index in [-0.39, 0.29) is 0 Å². The number of ether oxygens (including phenoxy) is 1. The summed E-state index contributed by atoms with van der Waals surface area (Å²) in [5, 5.41) is 3.31. The maximum absolute atomic E-state index is 6.11. The summed E-state index contributed by atoms with van der Waals surface area (Å²) in [4.78, 5) is 0. The Morgan fingerprint density at radius 3 is 2.58 bits per heavy atom. The van der Waals surface area contributed by atoms with E-state index in [1.54, 1.807) is 0 Å². The number of hydrogen-bond donors (Lipinski definition) is 2. The van der Waals surface area contributed by atoms with Gasteiger partial charge in [-0.1, -0.05) is 13.0 Å². The van der Waals surface area contributed by atoms with Gasteiger partial charge in [0.05, 0.1) is 18.0 Å². The molecule has 0 atom stereocenters. The Bertz CT molecular complexity index is 540. The van der Waals surface area contributed by atoms with Crippen molar-refractivity contribution in [3.63, 3.8) is 0 Å². The lowest BCUT2D eigenvalue weighted by atomic mass is 10.2. The van der Waals surface area contributed by atoms with Crippen LogP contribution in [0.4, 0.5) is 17.1 Å². The summed E-state index contributed by atoms with van der Waals surface area (Å²) in [7, 11) is 0. The largest absolute Gasteiger partial charge is 0.491 e. The molecule has 19 heavy (non-hydrogen) atoms. The maximum Gasteiger partial charge on any atom is 0.144 e. The Morgan fingerprint density at radius 1 is 1.16 bits per heavy atom. The molecule has 0 aliphatic rings. The van der Waals surface area contributed by atoms with E-state index in [2.05, 4.69) is 47.0 Å². The Kier molecular flexibility index (Phi) is 4.90. The van der Waals surface area contributed by atoms with Crippen LogP contribution in [0.5, 0.6) is 5.75 Å². The van der Waals surface area contributed by atoms with Crippen LogP contribution in [0.2, 0.25) is 0 Å². The molecule has 0 aliphatic carbocycles. The molecule has 0 aliphatic heterocycles. The smallest absolute Gasteiger partial charge is 0.144 e. The second-order valence-electron chi connectivity index (χ2n) is 4.20. The van der Waals surface area contributed by atoms with Gasteiger partial charge < -0.3 is 15.8 Å². The van der Waals surface area contributed by atoms with E-state index in [9.17, 15) is 0 Å². The van der Waals surface area contributed by atoms with Gasteiger partial charge in [0.15, 0.2) is 0 Å². The van der Waals surface area contributed by atoms with Crippen LogP contribution in [0.3, 0.4) is 0 Å². The summed E-state index contributed by atoms with van der Waals surface area (Å²) in [5.74, 6) is 0.734. The number of halogens is 1. The van der Waals surface area contributed by atoms with Gasteiger partial charge in [0.2, 0.25) is 0 Å². The monoisotopic (exact) mass is 368 g/mol. The zero-order valence-corrected chi connectivity index (χ0v) is 13.0. The highest BCUT2D eigenvalue weighted by molar-refractivity contribution is 14.1. The van der Waals surface area contributed by atoms with Crippen LogP contribution in [-0.2, 0) is 0 Å². The highest BCUT2D eigenvalue weighted by atomic mass is 127. The Labute approximate surface area is 127 Å². The van der Waals surface area contributed by atoms with Crippen molar-refractivity contribution in [3.8, 4) is 5.75 Å². The van der Waals surface area contributed by atoms with Gasteiger partial charge in [-0.15, -0.1) is 0 Å². The van der Waals surface area contributed by atoms with Gasteiger partial charge in [-0.3, -0.25) is 0 Å². The molecule has 0 heterocycles. The Balaban J connectivity index is 2.18. The molecule has 0 fully saturated rings. The van der Waals surface area contributed by atoms with E-state index in [0.29, 0.717) is 12.3 Å². The van der Waals surface area contributed by atoms with Crippen molar-refractivity contribution in [1.29, 1.82) is 0 Å². The molecular weight excluding hydrogens is 351 g/mol. The number of nitrogen functional groups attached to an aromatic ring is 1. The molecule has 0 spiro atoms. The van der Waals surface area contributed by atoms with Crippen molar-refractivity contribution in [2.24, 2.45) is 0 Å². The van der Waals surface area contributed by atoms with Gasteiger partial charge in [0.1, 0.15) is 5.75 Å². The van der Waals surface area contributed by atoms with Crippen LogP contribution in [0, 0.1) is 3.57 Å². The third-order valence-corrected chi connectivity index (χ3v) is 3.37. The molecule has 0 aromatic heterocycles. The minimum atomic E-state index is 0.648. The van der Waals surface area contributed by atoms with E-state index >= 15 is 0 Å². The van der Waals surface area contributed by atoms with Gasteiger partial charge in [-0.2, -0.15) is 0 Å². The van der Waals surface area contributed by atoms with E-state index < -0.39 is 0 Å². The van der Waals surface area contributed by atoms with Crippen LogP contribution >= 0.6 is 22.6 Å². The molecule has 0 saturated heterocycles. The Hall–Kier alpha value is -1.43. The Morgan fingerprint density at radius 2 is 1.89 bits per heavy atom. The van der Waals surface area contributed by atoms with Gasteiger partial charge in [0.25, 0.3) is 0 Å². The molecule has 0 unspecified atom stereocenters. The van der Waals surface area contributed by atoms with Gasteiger partial charge in [0, 0.05) is 9.26 Å². The molecule has 0 bridgehead atoms. The average molecular weight is 368 g/mol. The molecular formula is C15H17IN2O. The molecule has 100 valence electrons. The summed E-state index contributed by atoms with van der Waals surface area (Å²) in [6, 6.07) is 13.9. The lowest BCUT2D eigenvalue weighted by molar-refractivity contribution is 0.319. The van der Waals surface area contributed by atoms with Crippen molar-refractivity contribution in [2.75, 3.05) is 17.7 Å². The molecule has 0 amide bonds. The minimum absolute atomic E-state index is 0.648. The lowest BCUT2D eigenvalue weighted by Gasteiger charge is -2.13. The second kappa shape index (κ2) is 6.65. The number of nitrogens with one attached hydrogen (secondary N) is 1. The standard InChI is InChI=1S/C15H17IN2O/c1-2-10-19-14-5-3-4-13(15(14)17)18-12-8-6-11(16)7-9-12/h3-9,18H,2,10,17H2,1H3. The SMILES string of the molecule is CCCOc1cccc(Nc2ccc(I)cc2)c1N. The van der Waals surface area contributed by atoms with Crippen LogP contribution in [0.15, 0.2) is 42.5 Å². The van der Waals surface area contributed by atoms with Crippen LogP contribution in [0.25, 0.3) is 0 Å². The highest BCUT2D eigenvalue weighted by Crippen LogP contribution is 2.31. The van der Waals surface area contributed by atoms with Crippen molar-refractivity contribution >= 4 is 39.7 Å². The zero-order chi connectivity index (χ0) is 13.7. The van der Waals surface area contributed by atoms with E-state index in [1.807, 2.05) is 30.3 Å². The molecule has 0 radical (unpaired) electrons. The number of rotatable bonds is 5. The first-order chi connectivity index (χ1) is 9.20. The molecule has 0 saturated carbocycles. The molecule has 2 aromatic carbocycles. The van der Waals surface area contributed by atoms with Gasteiger partial charge in [-0.05, 0) is 65.4 Å². The molecule has 4 heteroatoms. The predicted molar refractivity (Wildman–Crippen MR) is 89.1 cm³/mol. The average Bonchev–Trinajstić information content (AvgIpc) is 2.42. The van der Waals surface area contributed by atoms with E-state index in [0.717, 1.165) is 23.5 Å². The van der Waals surface area contributed by atoms with Crippen molar-refractivity contribution < 1.29 is 4.74 Å². The molecule has 2 rings (SSSR count). The summed E-state index contributed by atoms with van der Waals surface area (Å²) < 4.78 is 6.82.